The molecule has 0 aliphatic heterocycles. The van der Waals surface area contributed by atoms with Crippen LogP contribution in [0, 0.1) is 0 Å². The summed E-state index contributed by atoms with van der Waals surface area (Å²) in [5.74, 6) is -0.909. The van der Waals surface area contributed by atoms with Gasteiger partial charge in [0, 0.05) is 4.90 Å². The predicted molar refractivity (Wildman–Crippen MR) is 59.3 cm³/mol. The van der Waals surface area contributed by atoms with E-state index in [0.717, 1.165) is 24.8 Å². The van der Waals surface area contributed by atoms with Gasteiger partial charge in [0.05, 0.1) is 5.56 Å². The molecule has 0 fully saturated rings. The first-order valence-corrected chi connectivity index (χ1v) is 5.15. The zero-order chi connectivity index (χ0) is 10.6. The number of hydrogen-bond donors (Lipinski definition) is 2. The van der Waals surface area contributed by atoms with Gasteiger partial charge in [-0.3, -0.25) is 0 Å². The van der Waals surface area contributed by atoms with Gasteiger partial charge in [-0.05, 0) is 30.5 Å². The van der Waals surface area contributed by atoms with Gasteiger partial charge in [0.15, 0.2) is 0 Å². The molecule has 0 bridgehead atoms. The van der Waals surface area contributed by atoms with Gasteiger partial charge >= 0.3 is 5.97 Å². The molecular weight excluding hydrogens is 196 g/mol. The molecule has 0 aliphatic carbocycles. The minimum Gasteiger partial charge on any atom is -0.478 e. The number of unbranched alkanes of at least 4 members (excludes halogenated alkanes) is 1. The van der Waals surface area contributed by atoms with Gasteiger partial charge in [-0.25, -0.2) is 4.79 Å². The van der Waals surface area contributed by atoms with Crippen LogP contribution in [0.15, 0.2) is 23.1 Å². The number of aryl methyl sites for hydroxylation is 1. The van der Waals surface area contributed by atoms with Crippen LogP contribution in [0.5, 0.6) is 0 Å². The normalized spacial score (nSPS) is 10.1. The zero-order valence-corrected chi connectivity index (χ0v) is 9.05. The Balaban J connectivity index is 2.89. The molecule has 2 nitrogen and oxygen atoms in total. The lowest BCUT2D eigenvalue weighted by Crippen LogP contribution is -1.99. The molecule has 0 saturated heterocycles. The maximum Gasteiger partial charge on any atom is 0.336 e. The molecule has 1 aromatic carbocycles. The minimum atomic E-state index is -0.909. The van der Waals surface area contributed by atoms with Crippen molar-refractivity contribution in [2.75, 3.05) is 0 Å². The summed E-state index contributed by atoms with van der Waals surface area (Å²) in [5.41, 5.74) is 1.36. The van der Waals surface area contributed by atoms with Crippen LogP contribution in [-0.4, -0.2) is 11.1 Å². The number of thiol groups is 1. The van der Waals surface area contributed by atoms with Crippen molar-refractivity contribution in [2.45, 2.75) is 31.1 Å². The van der Waals surface area contributed by atoms with Crippen molar-refractivity contribution in [3.63, 3.8) is 0 Å². The first-order chi connectivity index (χ1) is 6.65. The van der Waals surface area contributed by atoms with E-state index in [4.69, 9.17) is 5.11 Å². The second-order valence-electron chi connectivity index (χ2n) is 3.26. The molecule has 0 aliphatic rings. The number of carboxylic acids is 1. The second-order valence-corrected chi connectivity index (χ2v) is 3.74. The quantitative estimate of drug-likeness (QED) is 0.749. The maximum atomic E-state index is 10.8. The van der Waals surface area contributed by atoms with E-state index in [1.807, 2.05) is 6.07 Å². The van der Waals surface area contributed by atoms with E-state index >= 15 is 0 Å². The number of aromatic carboxylic acids is 1. The van der Waals surface area contributed by atoms with Crippen LogP contribution in [-0.2, 0) is 6.42 Å². The third-order valence-corrected chi connectivity index (χ3v) is 2.50. The third-order valence-electron chi connectivity index (χ3n) is 2.11. The van der Waals surface area contributed by atoms with Crippen molar-refractivity contribution in [1.82, 2.24) is 0 Å². The number of hydrogen-bond acceptors (Lipinski definition) is 2. The Kier molecular flexibility index (Phi) is 4.01. The van der Waals surface area contributed by atoms with Crippen molar-refractivity contribution in [1.29, 1.82) is 0 Å². The molecule has 14 heavy (non-hydrogen) atoms. The van der Waals surface area contributed by atoms with E-state index in [1.165, 1.54) is 0 Å². The van der Waals surface area contributed by atoms with Crippen molar-refractivity contribution in [2.24, 2.45) is 0 Å². The Morgan fingerprint density at radius 3 is 2.79 bits per heavy atom. The highest BCUT2D eigenvalue weighted by molar-refractivity contribution is 7.80. The summed E-state index contributed by atoms with van der Waals surface area (Å²) in [7, 11) is 0. The van der Waals surface area contributed by atoms with Gasteiger partial charge in [0.25, 0.3) is 0 Å². The first kappa shape index (κ1) is 11.1. The Morgan fingerprint density at radius 1 is 1.50 bits per heavy atom. The first-order valence-electron chi connectivity index (χ1n) is 4.70. The van der Waals surface area contributed by atoms with Crippen molar-refractivity contribution in [3.05, 3.63) is 29.3 Å². The van der Waals surface area contributed by atoms with Crippen LogP contribution in [0.1, 0.15) is 35.7 Å². The Bertz CT molecular complexity index is 334. The van der Waals surface area contributed by atoms with Gasteiger partial charge in [-0.2, -0.15) is 0 Å². The lowest BCUT2D eigenvalue weighted by Gasteiger charge is -2.04. The molecule has 0 spiro atoms. The molecule has 0 unspecified atom stereocenters. The van der Waals surface area contributed by atoms with Crippen molar-refractivity contribution >= 4 is 18.6 Å². The number of rotatable bonds is 4. The van der Waals surface area contributed by atoms with E-state index in [-0.39, 0.29) is 0 Å². The van der Waals surface area contributed by atoms with Crippen molar-refractivity contribution < 1.29 is 9.90 Å². The van der Waals surface area contributed by atoms with E-state index in [0.29, 0.717) is 10.5 Å². The predicted octanol–water partition coefficient (Wildman–Crippen LogP) is 3.02. The molecular formula is C11H14O2S. The van der Waals surface area contributed by atoms with Crippen molar-refractivity contribution in [3.8, 4) is 0 Å². The highest BCUT2D eigenvalue weighted by atomic mass is 32.1. The van der Waals surface area contributed by atoms with E-state index in [9.17, 15) is 4.79 Å². The van der Waals surface area contributed by atoms with Gasteiger partial charge in [-0.15, -0.1) is 12.6 Å². The fraction of sp³-hybridized carbons (Fsp3) is 0.364. The largest absolute Gasteiger partial charge is 0.478 e. The molecule has 0 heterocycles. The van der Waals surface area contributed by atoms with Crippen LogP contribution in [0.25, 0.3) is 0 Å². The van der Waals surface area contributed by atoms with Crippen LogP contribution in [0.4, 0.5) is 0 Å². The molecule has 1 aromatic rings. The fourth-order valence-electron chi connectivity index (χ4n) is 1.29. The fourth-order valence-corrected chi connectivity index (χ4v) is 1.53. The average Bonchev–Trinajstić information content (AvgIpc) is 2.16. The second kappa shape index (κ2) is 5.05. The van der Waals surface area contributed by atoms with E-state index in [1.54, 1.807) is 12.1 Å². The molecule has 1 rings (SSSR count). The zero-order valence-electron chi connectivity index (χ0n) is 8.16. The SMILES string of the molecule is CCCCc1ccc(S)c(C(=O)O)c1. The average molecular weight is 210 g/mol. The van der Waals surface area contributed by atoms with Crippen LogP contribution in [0.3, 0.4) is 0 Å². The molecule has 0 atom stereocenters. The lowest BCUT2D eigenvalue weighted by molar-refractivity contribution is 0.0693. The molecule has 0 saturated carbocycles. The van der Waals surface area contributed by atoms with Gasteiger partial charge in [0.1, 0.15) is 0 Å². The van der Waals surface area contributed by atoms with Crippen LogP contribution < -0.4 is 0 Å². The Labute approximate surface area is 89.4 Å². The topological polar surface area (TPSA) is 37.3 Å². The van der Waals surface area contributed by atoms with Gasteiger partial charge in [0.2, 0.25) is 0 Å². The monoisotopic (exact) mass is 210 g/mol. The molecule has 1 N–H and O–H groups in total. The van der Waals surface area contributed by atoms with E-state index in [2.05, 4.69) is 19.6 Å². The standard InChI is InChI=1S/C11H14O2S/c1-2-3-4-8-5-6-10(14)9(7-8)11(12)13/h5-7,14H,2-4H2,1H3,(H,12,13). The molecule has 0 aromatic heterocycles. The number of carbonyl (C=O) groups is 1. The van der Waals surface area contributed by atoms with E-state index < -0.39 is 5.97 Å². The molecule has 0 amide bonds. The van der Waals surface area contributed by atoms with Gasteiger partial charge in [-0.1, -0.05) is 19.4 Å². The number of benzene rings is 1. The lowest BCUT2D eigenvalue weighted by atomic mass is 10.1. The summed E-state index contributed by atoms with van der Waals surface area (Å²) in [6.45, 7) is 2.12. The minimum absolute atomic E-state index is 0.293. The summed E-state index contributed by atoms with van der Waals surface area (Å²) in [4.78, 5) is 11.3. The number of carboxylic acid groups (broad SMARTS) is 1. The summed E-state index contributed by atoms with van der Waals surface area (Å²) in [6.07, 6.45) is 3.14. The maximum absolute atomic E-state index is 10.8. The Morgan fingerprint density at radius 2 is 2.21 bits per heavy atom. The van der Waals surface area contributed by atoms with Crippen LogP contribution >= 0.6 is 12.6 Å². The highest BCUT2D eigenvalue weighted by Gasteiger charge is 2.07. The molecule has 0 radical (unpaired) electrons. The van der Waals surface area contributed by atoms with Crippen LogP contribution in [0.2, 0.25) is 0 Å². The molecule has 3 heteroatoms. The summed E-state index contributed by atoms with van der Waals surface area (Å²) < 4.78 is 0. The molecule has 76 valence electrons. The third kappa shape index (κ3) is 2.77. The van der Waals surface area contributed by atoms with Gasteiger partial charge < -0.3 is 5.11 Å². The highest BCUT2D eigenvalue weighted by Crippen LogP contribution is 2.17. The smallest absolute Gasteiger partial charge is 0.336 e. The summed E-state index contributed by atoms with van der Waals surface area (Å²) in [6, 6.07) is 5.39. The Hall–Kier alpha value is -0.960. The summed E-state index contributed by atoms with van der Waals surface area (Å²) in [5, 5.41) is 8.87. The summed E-state index contributed by atoms with van der Waals surface area (Å²) >= 11 is 4.09.